The van der Waals surface area contributed by atoms with Gasteiger partial charge in [0.25, 0.3) is 5.89 Å². The lowest BCUT2D eigenvalue weighted by molar-refractivity contribution is 0.145. The van der Waals surface area contributed by atoms with Gasteiger partial charge in [-0.25, -0.2) is 9.18 Å². The molecule has 3 aromatic rings. The number of rotatable bonds is 5. The van der Waals surface area contributed by atoms with Crippen molar-refractivity contribution in [3.8, 4) is 11.5 Å². The standard InChI is InChI=1S/C18H16FN5O3/c19-15-8-12(24-10-13(9-20)26-18(24)25)4-5-14(15)17-23-22-16(27-17)7-11-3-1-2-6-21-11/h1-6,8,13H,7,9-10,20H2/t13-/m0/s1. The van der Waals surface area contributed by atoms with Crippen LogP contribution in [0.5, 0.6) is 0 Å². The summed E-state index contributed by atoms with van der Waals surface area (Å²) in [6, 6.07) is 9.83. The first-order valence-corrected chi connectivity index (χ1v) is 8.34. The van der Waals surface area contributed by atoms with Gasteiger partial charge in [0, 0.05) is 18.4 Å². The number of nitrogens with zero attached hydrogens (tertiary/aromatic N) is 4. The quantitative estimate of drug-likeness (QED) is 0.734. The average molecular weight is 369 g/mol. The molecule has 1 aliphatic heterocycles. The zero-order valence-corrected chi connectivity index (χ0v) is 14.2. The highest BCUT2D eigenvalue weighted by Crippen LogP contribution is 2.28. The summed E-state index contributed by atoms with van der Waals surface area (Å²) in [4.78, 5) is 17.4. The third-order valence-corrected chi connectivity index (χ3v) is 4.16. The largest absolute Gasteiger partial charge is 0.443 e. The predicted molar refractivity (Wildman–Crippen MR) is 93.4 cm³/mol. The minimum Gasteiger partial charge on any atom is -0.443 e. The zero-order chi connectivity index (χ0) is 18.8. The van der Waals surface area contributed by atoms with Crippen LogP contribution in [0.4, 0.5) is 14.9 Å². The van der Waals surface area contributed by atoms with Crippen molar-refractivity contribution in [2.24, 2.45) is 5.73 Å². The Kier molecular flexibility index (Phi) is 4.51. The first-order chi connectivity index (χ1) is 13.1. The number of amides is 1. The summed E-state index contributed by atoms with van der Waals surface area (Å²) in [6.07, 6.45) is 1.08. The number of hydrogen-bond donors (Lipinski definition) is 1. The normalized spacial score (nSPS) is 16.6. The SMILES string of the molecule is NC[C@H]1CN(c2ccc(-c3nnc(Cc4ccccn4)o3)c(F)c2)C(=O)O1. The fourth-order valence-corrected chi connectivity index (χ4v) is 2.79. The molecule has 27 heavy (non-hydrogen) atoms. The molecule has 3 heterocycles. The number of hydrogen-bond acceptors (Lipinski definition) is 7. The summed E-state index contributed by atoms with van der Waals surface area (Å²) in [5.41, 5.74) is 6.82. The van der Waals surface area contributed by atoms with E-state index in [9.17, 15) is 9.18 Å². The van der Waals surface area contributed by atoms with Gasteiger partial charge >= 0.3 is 6.09 Å². The second-order valence-corrected chi connectivity index (χ2v) is 6.02. The summed E-state index contributed by atoms with van der Waals surface area (Å²) in [5.74, 6) is -0.181. The predicted octanol–water partition coefficient (Wildman–Crippen LogP) is 2.15. The third-order valence-electron chi connectivity index (χ3n) is 4.16. The Hall–Kier alpha value is -3.33. The van der Waals surface area contributed by atoms with Gasteiger partial charge in [-0.2, -0.15) is 0 Å². The molecule has 0 bridgehead atoms. The Morgan fingerprint density at radius 3 is 2.85 bits per heavy atom. The van der Waals surface area contributed by atoms with Crippen molar-refractivity contribution >= 4 is 11.8 Å². The molecular formula is C18H16FN5O3. The highest BCUT2D eigenvalue weighted by molar-refractivity contribution is 5.90. The highest BCUT2D eigenvalue weighted by atomic mass is 19.1. The topological polar surface area (TPSA) is 107 Å². The molecule has 2 N–H and O–H groups in total. The number of carbonyl (C=O) groups excluding carboxylic acids is 1. The van der Waals surface area contributed by atoms with E-state index in [-0.39, 0.29) is 24.5 Å². The van der Waals surface area contributed by atoms with Gasteiger partial charge < -0.3 is 14.9 Å². The monoisotopic (exact) mass is 369 g/mol. The van der Waals surface area contributed by atoms with Crippen molar-refractivity contribution in [3.05, 3.63) is 60.0 Å². The first kappa shape index (κ1) is 17.1. The zero-order valence-electron chi connectivity index (χ0n) is 14.2. The Morgan fingerprint density at radius 1 is 1.26 bits per heavy atom. The minimum atomic E-state index is -0.579. The van der Waals surface area contributed by atoms with Crippen LogP contribution in [0.1, 0.15) is 11.6 Å². The van der Waals surface area contributed by atoms with E-state index in [0.29, 0.717) is 18.0 Å². The van der Waals surface area contributed by atoms with Gasteiger partial charge in [0.2, 0.25) is 5.89 Å². The number of nitrogens with two attached hydrogens (primary N) is 1. The van der Waals surface area contributed by atoms with Crippen molar-refractivity contribution in [1.29, 1.82) is 0 Å². The molecule has 8 nitrogen and oxygen atoms in total. The summed E-state index contributed by atoms with van der Waals surface area (Å²) in [6.45, 7) is 0.493. The van der Waals surface area contributed by atoms with E-state index in [1.165, 1.54) is 17.0 Å². The van der Waals surface area contributed by atoms with E-state index in [0.717, 1.165) is 5.69 Å². The first-order valence-electron chi connectivity index (χ1n) is 8.34. The van der Waals surface area contributed by atoms with Crippen LogP contribution in [0, 0.1) is 5.82 Å². The third kappa shape index (κ3) is 3.49. The van der Waals surface area contributed by atoms with Crippen molar-refractivity contribution in [1.82, 2.24) is 15.2 Å². The lowest BCUT2D eigenvalue weighted by Crippen LogP contribution is -2.27. The second kappa shape index (κ2) is 7.12. The van der Waals surface area contributed by atoms with Gasteiger partial charge in [-0.05, 0) is 30.3 Å². The van der Waals surface area contributed by atoms with E-state index in [1.807, 2.05) is 18.2 Å². The number of halogens is 1. The molecule has 1 atom stereocenters. The molecule has 9 heteroatoms. The van der Waals surface area contributed by atoms with E-state index >= 15 is 0 Å². The van der Waals surface area contributed by atoms with Crippen molar-refractivity contribution in [3.63, 3.8) is 0 Å². The van der Waals surface area contributed by atoms with Crippen LogP contribution in [0.2, 0.25) is 0 Å². The van der Waals surface area contributed by atoms with E-state index in [4.69, 9.17) is 14.9 Å². The number of carbonyl (C=O) groups is 1. The molecule has 1 aromatic carbocycles. The molecule has 1 aliphatic rings. The van der Waals surface area contributed by atoms with Crippen molar-refractivity contribution < 1.29 is 18.3 Å². The van der Waals surface area contributed by atoms with Crippen LogP contribution in [0.15, 0.2) is 47.0 Å². The number of ether oxygens (including phenoxy) is 1. The van der Waals surface area contributed by atoms with Gasteiger partial charge in [0.15, 0.2) is 0 Å². The summed E-state index contributed by atoms with van der Waals surface area (Å²) in [7, 11) is 0. The lowest BCUT2D eigenvalue weighted by Gasteiger charge is -2.13. The van der Waals surface area contributed by atoms with Crippen LogP contribution in [0.3, 0.4) is 0 Å². The number of pyridine rings is 1. The Bertz CT molecular complexity index is 963. The summed E-state index contributed by atoms with van der Waals surface area (Å²) >= 11 is 0. The Balaban J connectivity index is 1.54. The van der Waals surface area contributed by atoms with Crippen LogP contribution < -0.4 is 10.6 Å². The number of anilines is 1. The van der Waals surface area contributed by atoms with Crippen molar-refractivity contribution in [2.75, 3.05) is 18.0 Å². The van der Waals surface area contributed by atoms with E-state index < -0.39 is 18.0 Å². The maximum absolute atomic E-state index is 14.6. The van der Waals surface area contributed by atoms with Crippen molar-refractivity contribution in [2.45, 2.75) is 12.5 Å². The second-order valence-electron chi connectivity index (χ2n) is 6.02. The number of aromatic nitrogens is 3. The molecule has 0 unspecified atom stereocenters. The average Bonchev–Trinajstić information content (AvgIpc) is 3.29. The molecule has 0 aliphatic carbocycles. The number of cyclic esters (lactones) is 1. The van der Waals surface area contributed by atoms with Crippen LogP contribution >= 0.6 is 0 Å². The van der Waals surface area contributed by atoms with Crippen LogP contribution in [-0.4, -0.2) is 40.5 Å². The Morgan fingerprint density at radius 2 is 2.15 bits per heavy atom. The summed E-state index contributed by atoms with van der Waals surface area (Å²) in [5, 5.41) is 7.84. The maximum Gasteiger partial charge on any atom is 0.414 e. The van der Waals surface area contributed by atoms with Gasteiger partial charge in [-0.15, -0.1) is 10.2 Å². The van der Waals surface area contributed by atoms with Gasteiger partial charge in [0.05, 0.1) is 24.2 Å². The maximum atomic E-state index is 14.6. The lowest BCUT2D eigenvalue weighted by atomic mass is 10.1. The van der Waals surface area contributed by atoms with Gasteiger partial charge in [-0.1, -0.05) is 6.07 Å². The molecular weight excluding hydrogens is 353 g/mol. The molecule has 138 valence electrons. The summed E-state index contributed by atoms with van der Waals surface area (Å²) < 4.78 is 25.2. The van der Waals surface area contributed by atoms with Gasteiger partial charge in [0.1, 0.15) is 11.9 Å². The van der Waals surface area contributed by atoms with E-state index in [1.54, 1.807) is 12.3 Å². The smallest absolute Gasteiger partial charge is 0.414 e. The fourth-order valence-electron chi connectivity index (χ4n) is 2.79. The highest BCUT2D eigenvalue weighted by Gasteiger charge is 2.32. The molecule has 4 rings (SSSR count). The number of benzene rings is 1. The molecule has 1 amide bonds. The van der Waals surface area contributed by atoms with Crippen LogP contribution in [-0.2, 0) is 11.2 Å². The molecule has 0 radical (unpaired) electrons. The Labute approximate surface area is 153 Å². The molecule has 0 spiro atoms. The van der Waals surface area contributed by atoms with Crippen LogP contribution in [0.25, 0.3) is 11.5 Å². The fraction of sp³-hybridized carbons (Fsp3) is 0.222. The molecule has 1 saturated heterocycles. The minimum absolute atomic E-state index is 0.0637. The van der Waals surface area contributed by atoms with Gasteiger partial charge in [-0.3, -0.25) is 9.88 Å². The van der Waals surface area contributed by atoms with E-state index in [2.05, 4.69) is 15.2 Å². The molecule has 2 aromatic heterocycles. The molecule has 1 fully saturated rings. The molecule has 0 saturated carbocycles.